The number of aromatic nitrogens is 1. The summed E-state index contributed by atoms with van der Waals surface area (Å²) < 4.78 is 5.37. The van der Waals surface area contributed by atoms with E-state index in [2.05, 4.69) is 20.8 Å². The zero-order chi connectivity index (χ0) is 14.9. The molecule has 108 valence electrons. The first-order chi connectivity index (χ1) is 10.3. The molecular formula is C15H16N4OS. The molecule has 0 aliphatic heterocycles. The van der Waals surface area contributed by atoms with Crippen molar-refractivity contribution < 1.29 is 4.74 Å². The zero-order valence-corrected chi connectivity index (χ0v) is 12.4. The first kappa shape index (κ1) is 14.9. The molecular weight excluding hydrogens is 284 g/mol. The highest BCUT2D eigenvalue weighted by Crippen LogP contribution is 2.15. The third kappa shape index (κ3) is 5.19. The van der Waals surface area contributed by atoms with Crippen molar-refractivity contribution >= 4 is 29.2 Å². The van der Waals surface area contributed by atoms with Gasteiger partial charge in [-0.3, -0.25) is 10.4 Å². The van der Waals surface area contributed by atoms with Crippen LogP contribution < -0.4 is 15.5 Å². The summed E-state index contributed by atoms with van der Waals surface area (Å²) in [4.78, 5) is 4.12. The maximum atomic E-state index is 5.37. The van der Waals surface area contributed by atoms with Crippen LogP contribution in [0.1, 0.15) is 12.6 Å². The van der Waals surface area contributed by atoms with Crippen molar-refractivity contribution in [1.29, 1.82) is 0 Å². The lowest BCUT2D eigenvalue weighted by Crippen LogP contribution is -2.23. The predicted molar refractivity (Wildman–Crippen MR) is 88.8 cm³/mol. The number of rotatable bonds is 5. The van der Waals surface area contributed by atoms with Crippen LogP contribution in [0, 0.1) is 0 Å². The van der Waals surface area contributed by atoms with Crippen molar-refractivity contribution in [3.63, 3.8) is 0 Å². The average Bonchev–Trinajstić information content (AvgIpc) is 2.51. The van der Waals surface area contributed by atoms with Crippen LogP contribution in [0.2, 0.25) is 0 Å². The second-order valence-electron chi connectivity index (χ2n) is 4.04. The van der Waals surface area contributed by atoms with Gasteiger partial charge in [-0.25, -0.2) is 0 Å². The fraction of sp³-hybridized carbons (Fsp3) is 0.133. The van der Waals surface area contributed by atoms with Crippen molar-refractivity contribution in [3.8, 4) is 5.75 Å². The van der Waals surface area contributed by atoms with E-state index in [1.54, 1.807) is 12.4 Å². The van der Waals surface area contributed by atoms with Gasteiger partial charge in [0.2, 0.25) is 0 Å². The lowest BCUT2D eigenvalue weighted by Gasteiger charge is -2.08. The molecule has 1 heterocycles. The van der Waals surface area contributed by atoms with E-state index >= 15 is 0 Å². The minimum atomic E-state index is 0.409. The Morgan fingerprint density at radius 3 is 2.76 bits per heavy atom. The number of pyridine rings is 1. The van der Waals surface area contributed by atoms with Gasteiger partial charge in [-0.1, -0.05) is 6.07 Å². The highest BCUT2D eigenvalue weighted by molar-refractivity contribution is 7.80. The van der Waals surface area contributed by atoms with E-state index in [9.17, 15) is 0 Å². The van der Waals surface area contributed by atoms with Gasteiger partial charge < -0.3 is 10.1 Å². The predicted octanol–water partition coefficient (Wildman–Crippen LogP) is 2.80. The molecule has 1 aromatic heterocycles. The summed E-state index contributed by atoms with van der Waals surface area (Å²) in [5.74, 6) is 0.829. The minimum Gasteiger partial charge on any atom is -0.494 e. The number of hydrogen-bond donors (Lipinski definition) is 2. The van der Waals surface area contributed by atoms with Gasteiger partial charge in [0.05, 0.1) is 18.5 Å². The van der Waals surface area contributed by atoms with Crippen LogP contribution in [0.25, 0.3) is 0 Å². The molecule has 0 bridgehead atoms. The lowest BCUT2D eigenvalue weighted by atomic mass is 10.3. The summed E-state index contributed by atoms with van der Waals surface area (Å²) in [6, 6.07) is 13.1. The molecule has 5 nitrogen and oxygen atoms in total. The molecule has 2 rings (SSSR count). The van der Waals surface area contributed by atoms with Crippen molar-refractivity contribution in [2.24, 2.45) is 5.10 Å². The summed E-state index contributed by atoms with van der Waals surface area (Å²) in [6.45, 7) is 2.60. The van der Waals surface area contributed by atoms with Crippen LogP contribution in [0.4, 0.5) is 5.69 Å². The Morgan fingerprint density at radius 2 is 2.10 bits per heavy atom. The van der Waals surface area contributed by atoms with E-state index < -0.39 is 0 Å². The molecule has 2 N–H and O–H groups in total. The maximum absolute atomic E-state index is 5.37. The number of ether oxygens (including phenoxy) is 1. The number of benzene rings is 1. The SMILES string of the molecule is CCOc1ccc(NC(=S)N/N=C\c2ccccn2)cc1. The standard InChI is InChI=1S/C15H16N4OS/c1-2-20-14-8-6-12(7-9-14)18-15(21)19-17-11-13-5-3-4-10-16-13/h3-11H,2H2,1H3,(H2,18,19,21)/b17-11-. The second-order valence-corrected chi connectivity index (χ2v) is 4.44. The van der Waals surface area contributed by atoms with Crippen LogP contribution in [0.15, 0.2) is 53.8 Å². The number of anilines is 1. The topological polar surface area (TPSA) is 58.5 Å². The van der Waals surface area contributed by atoms with Crippen molar-refractivity contribution in [2.45, 2.75) is 6.92 Å². The first-order valence-electron chi connectivity index (χ1n) is 6.52. The molecule has 0 spiro atoms. The van der Waals surface area contributed by atoms with E-state index in [4.69, 9.17) is 17.0 Å². The summed E-state index contributed by atoms with van der Waals surface area (Å²) in [5, 5.41) is 7.46. The monoisotopic (exact) mass is 300 g/mol. The Balaban J connectivity index is 1.83. The molecule has 0 aliphatic rings. The molecule has 2 aromatic rings. The Labute approximate surface area is 129 Å². The molecule has 0 amide bonds. The molecule has 0 atom stereocenters. The highest BCUT2D eigenvalue weighted by Gasteiger charge is 1.97. The van der Waals surface area contributed by atoms with Crippen molar-refractivity contribution in [3.05, 3.63) is 54.4 Å². The van der Waals surface area contributed by atoms with Crippen LogP contribution >= 0.6 is 12.2 Å². The quantitative estimate of drug-likeness (QED) is 0.505. The zero-order valence-electron chi connectivity index (χ0n) is 11.6. The summed E-state index contributed by atoms with van der Waals surface area (Å²) in [6.07, 6.45) is 3.31. The van der Waals surface area contributed by atoms with Crippen LogP contribution in [0.3, 0.4) is 0 Å². The van der Waals surface area contributed by atoms with Gasteiger partial charge in [-0.2, -0.15) is 5.10 Å². The molecule has 0 fully saturated rings. The summed E-state index contributed by atoms with van der Waals surface area (Å²) >= 11 is 5.15. The van der Waals surface area contributed by atoms with Gasteiger partial charge >= 0.3 is 0 Å². The maximum Gasteiger partial charge on any atom is 0.191 e. The Morgan fingerprint density at radius 1 is 1.29 bits per heavy atom. The molecule has 0 saturated carbocycles. The number of hydrazone groups is 1. The Bertz CT molecular complexity index is 599. The molecule has 6 heteroatoms. The van der Waals surface area contributed by atoms with Gasteiger partial charge in [0, 0.05) is 11.9 Å². The van der Waals surface area contributed by atoms with Crippen molar-refractivity contribution in [2.75, 3.05) is 11.9 Å². The highest BCUT2D eigenvalue weighted by atomic mass is 32.1. The third-order valence-corrected chi connectivity index (χ3v) is 2.67. The van der Waals surface area contributed by atoms with Crippen molar-refractivity contribution in [1.82, 2.24) is 10.4 Å². The minimum absolute atomic E-state index is 0.409. The van der Waals surface area contributed by atoms with Gasteiger partial charge in [-0.05, 0) is 55.5 Å². The van der Waals surface area contributed by atoms with E-state index in [-0.39, 0.29) is 0 Å². The van der Waals surface area contributed by atoms with E-state index in [0.717, 1.165) is 17.1 Å². The van der Waals surface area contributed by atoms with E-state index in [1.807, 2.05) is 49.4 Å². The first-order valence-corrected chi connectivity index (χ1v) is 6.92. The second kappa shape index (κ2) is 7.96. The smallest absolute Gasteiger partial charge is 0.191 e. The molecule has 0 saturated heterocycles. The molecule has 21 heavy (non-hydrogen) atoms. The normalized spacial score (nSPS) is 10.3. The van der Waals surface area contributed by atoms with E-state index in [0.29, 0.717) is 11.7 Å². The summed E-state index contributed by atoms with van der Waals surface area (Å²) in [7, 11) is 0. The van der Waals surface area contributed by atoms with Gasteiger partial charge in [0.1, 0.15) is 5.75 Å². The largest absolute Gasteiger partial charge is 0.494 e. The number of thiocarbonyl (C=S) groups is 1. The number of hydrogen-bond acceptors (Lipinski definition) is 4. The van der Waals surface area contributed by atoms with Crippen LogP contribution in [-0.2, 0) is 0 Å². The van der Waals surface area contributed by atoms with Gasteiger partial charge in [0.25, 0.3) is 0 Å². The summed E-state index contributed by atoms with van der Waals surface area (Å²) in [5.41, 5.74) is 4.36. The molecule has 0 radical (unpaired) electrons. The molecule has 0 aliphatic carbocycles. The molecule has 1 aromatic carbocycles. The third-order valence-electron chi connectivity index (χ3n) is 2.47. The fourth-order valence-electron chi connectivity index (χ4n) is 1.57. The van der Waals surface area contributed by atoms with Gasteiger partial charge in [0.15, 0.2) is 5.11 Å². The van der Waals surface area contributed by atoms with Crippen LogP contribution in [0.5, 0.6) is 5.75 Å². The number of nitrogens with zero attached hydrogens (tertiary/aromatic N) is 2. The Kier molecular flexibility index (Phi) is 5.66. The Hall–Kier alpha value is -2.47. The fourth-order valence-corrected chi connectivity index (χ4v) is 1.74. The molecule has 0 unspecified atom stereocenters. The number of nitrogens with one attached hydrogen (secondary N) is 2. The lowest BCUT2D eigenvalue weighted by molar-refractivity contribution is 0.340. The van der Waals surface area contributed by atoms with Crippen LogP contribution in [-0.4, -0.2) is 22.9 Å². The van der Waals surface area contributed by atoms with E-state index in [1.165, 1.54) is 0 Å². The van der Waals surface area contributed by atoms with Gasteiger partial charge in [-0.15, -0.1) is 0 Å². The average molecular weight is 300 g/mol.